The zero-order chi connectivity index (χ0) is 22.0. The molecule has 3 aromatic rings. The van der Waals surface area contributed by atoms with Gasteiger partial charge in [-0.1, -0.05) is 29.8 Å². The van der Waals surface area contributed by atoms with Gasteiger partial charge in [-0.25, -0.2) is 8.42 Å². The van der Waals surface area contributed by atoms with E-state index in [4.69, 9.17) is 11.6 Å². The molecule has 0 saturated carbocycles. The Morgan fingerprint density at radius 2 is 1.77 bits per heavy atom. The molecule has 0 aliphatic carbocycles. The van der Waals surface area contributed by atoms with Gasteiger partial charge in [-0.05, 0) is 24.3 Å². The molecule has 2 aromatic carbocycles. The van der Waals surface area contributed by atoms with Gasteiger partial charge in [-0.2, -0.15) is 13.1 Å². The Bertz CT molecular complexity index is 1240. The summed E-state index contributed by atoms with van der Waals surface area (Å²) in [4.78, 5) is 26.3. The van der Waals surface area contributed by atoms with E-state index in [0.717, 1.165) is 11.7 Å². The number of nitrogens with zero attached hydrogens (tertiary/aromatic N) is 4. The van der Waals surface area contributed by atoms with E-state index < -0.39 is 15.9 Å². The average molecular weight is 480 g/mol. The Morgan fingerprint density at radius 3 is 2.52 bits per heavy atom. The summed E-state index contributed by atoms with van der Waals surface area (Å²) in [7, 11) is -3.76. The number of amides is 2. The molecule has 1 aliphatic rings. The lowest BCUT2D eigenvalue weighted by molar-refractivity contribution is -0.131. The van der Waals surface area contributed by atoms with Crippen LogP contribution in [0.3, 0.4) is 0 Å². The van der Waals surface area contributed by atoms with Crippen LogP contribution in [0.15, 0.2) is 47.4 Å². The molecule has 4 rings (SSSR count). The van der Waals surface area contributed by atoms with Crippen molar-refractivity contribution in [2.24, 2.45) is 0 Å². The molecule has 9 nitrogen and oxygen atoms in total. The fourth-order valence-corrected chi connectivity index (χ4v) is 5.71. The average Bonchev–Trinajstić information content (AvgIpc) is 3.26. The summed E-state index contributed by atoms with van der Waals surface area (Å²) < 4.78 is 35.7. The second-order valence-corrected chi connectivity index (χ2v) is 9.68. The highest BCUT2D eigenvalue weighted by atomic mass is 35.5. The number of nitrogens with one attached hydrogen (secondary N) is 1. The summed E-state index contributed by atoms with van der Waals surface area (Å²) in [5, 5.41) is 2.86. The van der Waals surface area contributed by atoms with Gasteiger partial charge in [0.2, 0.25) is 15.9 Å². The SMILES string of the molecule is O=C(NCC(=O)N1CCN(S(=O)(=O)c2cccc3nsnc23)CC1)c1ccccc1Cl. The van der Waals surface area contributed by atoms with Crippen LogP contribution in [-0.2, 0) is 14.8 Å². The summed E-state index contributed by atoms with van der Waals surface area (Å²) in [6.07, 6.45) is 0. The second-order valence-electron chi connectivity index (χ2n) is 6.84. The molecular weight excluding hydrogens is 462 g/mol. The van der Waals surface area contributed by atoms with Crippen LogP contribution in [0.5, 0.6) is 0 Å². The van der Waals surface area contributed by atoms with Crippen LogP contribution in [0.1, 0.15) is 10.4 Å². The third-order valence-electron chi connectivity index (χ3n) is 4.98. The van der Waals surface area contributed by atoms with E-state index in [1.165, 1.54) is 15.3 Å². The molecule has 0 spiro atoms. The van der Waals surface area contributed by atoms with Crippen molar-refractivity contribution in [3.63, 3.8) is 0 Å². The number of benzene rings is 2. The van der Waals surface area contributed by atoms with Crippen molar-refractivity contribution >= 4 is 56.2 Å². The number of hydrogen-bond donors (Lipinski definition) is 1. The molecule has 1 N–H and O–H groups in total. The smallest absolute Gasteiger partial charge is 0.253 e. The lowest BCUT2D eigenvalue weighted by atomic mass is 10.2. The molecule has 2 amide bonds. The minimum absolute atomic E-state index is 0.116. The van der Waals surface area contributed by atoms with Crippen molar-refractivity contribution in [2.45, 2.75) is 4.90 Å². The first-order valence-corrected chi connectivity index (χ1v) is 11.9. The minimum atomic E-state index is -3.76. The van der Waals surface area contributed by atoms with Crippen molar-refractivity contribution in [1.29, 1.82) is 0 Å². The first-order valence-electron chi connectivity index (χ1n) is 9.40. The highest BCUT2D eigenvalue weighted by Gasteiger charge is 2.32. The molecule has 12 heteroatoms. The molecule has 2 heterocycles. The third kappa shape index (κ3) is 4.40. The van der Waals surface area contributed by atoms with Gasteiger partial charge in [-0.15, -0.1) is 0 Å². The van der Waals surface area contributed by atoms with Crippen molar-refractivity contribution in [1.82, 2.24) is 23.3 Å². The Hall–Kier alpha value is -2.60. The summed E-state index contributed by atoms with van der Waals surface area (Å²) in [6, 6.07) is 11.4. The number of hydrogen-bond acceptors (Lipinski definition) is 7. The van der Waals surface area contributed by atoms with Crippen LogP contribution in [0, 0.1) is 0 Å². The lowest BCUT2D eigenvalue weighted by Gasteiger charge is -2.34. The maximum Gasteiger partial charge on any atom is 0.253 e. The fraction of sp³-hybridized carbons (Fsp3) is 0.263. The van der Waals surface area contributed by atoms with Crippen molar-refractivity contribution < 1.29 is 18.0 Å². The fourth-order valence-electron chi connectivity index (χ4n) is 3.31. The van der Waals surface area contributed by atoms with E-state index in [1.54, 1.807) is 36.4 Å². The standard InChI is InChI=1S/C19H18ClN5O4S2/c20-14-5-2-1-4-13(14)19(27)21-12-17(26)24-8-10-25(11-9-24)31(28,29)16-7-3-6-15-18(16)23-30-22-15/h1-7H,8-12H2,(H,21,27). The molecule has 1 saturated heterocycles. The lowest BCUT2D eigenvalue weighted by Crippen LogP contribution is -2.52. The largest absolute Gasteiger partial charge is 0.343 e. The van der Waals surface area contributed by atoms with E-state index in [1.807, 2.05) is 0 Å². The molecule has 0 bridgehead atoms. The minimum Gasteiger partial charge on any atom is -0.343 e. The first kappa shape index (κ1) is 21.6. The predicted molar refractivity (Wildman–Crippen MR) is 117 cm³/mol. The van der Waals surface area contributed by atoms with E-state index in [9.17, 15) is 18.0 Å². The number of fused-ring (bicyclic) bond motifs is 1. The monoisotopic (exact) mass is 479 g/mol. The Labute approximate surface area is 188 Å². The Morgan fingerprint density at radius 1 is 1.03 bits per heavy atom. The highest BCUT2D eigenvalue weighted by molar-refractivity contribution is 7.89. The molecule has 1 fully saturated rings. The summed E-state index contributed by atoms with van der Waals surface area (Å²) in [5.41, 5.74) is 1.18. The van der Waals surface area contributed by atoms with Crippen molar-refractivity contribution in [2.75, 3.05) is 32.7 Å². The van der Waals surface area contributed by atoms with Crippen LogP contribution in [-0.4, -0.2) is 70.9 Å². The van der Waals surface area contributed by atoms with E-state index in [2.05, 4.69) is 14.1 Å². The van der Waals surface area contributed by atoms with E-state index >= 15 is 0 Å². The van der Waals surface area contributed by atoms with Gasteiger partial charge in [0.25, 0.3) is 5.91 Å². The van der Waals surface area contributed by atoms with Gasteiger partial charge in [-0.3, -0.25) is 9.59 Å². The number of piperazine rings is 1. The summed E-state index contributed by atoms with van der Waals surface area (Å²) in [6.45, 7) is 0.568. The Balaban J connectivity index is 1.36. The number of halogens is 1. The van der Waals surface area contributed by atoms with E-state index in [0.29, 0.717) is 21.6 Å². The Kier molecular flexibility index (Phi) is 6.19. The summed E-state index contributed by atoms with van der Waals surface area (Å²) >= 11 is 6.96. The van der Waals surface area contributed by atoms with Crippen LogP contribution in [0.2, 0.25) is 5.02 Å². The van der Waals surface area contributed by atoms with Gasteiger partial charge < -0.3 is 10.2 Å². The quantitative estimate of drug-likeness (QED) is 0.595. The van der Waals surface area contributed by atoms with E-state index in [-0.39, 0.29) is 43.5 Å². The molecule has 0 radical (unpaired) electrons. The molecule has 1 aliphatic heterocycles. The maximum absolute atomic E-state index is 13.1. The molecule has 31 heavy (non-hydrogen) atoms. The van der Waals surface area contributed by atoms with Crippen LogP contribution < -0.4 is 5.32 Å². The second kappa shape index (κ2) is 8.87. The van der Waals surface area contributed by atoms with Crippen molar-refractivity contribution in [3.05, 3.63) is 53.1 Å². The molecule has 162 valence electrons. The predicted octanol–water partition coefficient (Wildman–Crippen LogP) is 1.61. The number of aromatic nitrogens is 2. The van der Waals surface area contributed by atoms with Gasteiger partial charge in [0.05, 0.1) is 28.9 Å². The number of sulfonamides is 1. The van der Waals surface area contributed by atoms with Gasteiger partial charge in [0.15, 0.2) is 0 Å². The van der Waals surface area contributed by atoms with Crippen LogP contribution >= 0.6 is 23.3 Å². The van der Waals surface area contributed by atoms with Crippen molar-refractivity contribution in [3.8, 4) is 0 Å². The van der Waals surface area contributed by atoms with Gasteiger partial charge in [0.1, 0.15) is 15.9 Å². The van der Waals surface area contributed by atoms with Gasteiger partial charge in [0, 0.05) is 26.2 Å². The normalized spacial score (nSPS) is 15.2. The molecular formula is C19H18ClN5O4S2. The van der Waals surface area contributed by atoms with Crippen LogP contribution in [0.25, 0.3) is 11.0 Å². The molecule has 1 aromatic heterocycles. The number of rotatable bonds is 5. The molecule has 0 unspecified atom stereocenters. The highest BCUT2D eigenvalue weighted by Crippen LogP contribution is 2.25. The molecule has 0 atom stereocenters. The zero-order valence-corrected chi connectivity index (χ0v) is 18.6. The summed E-state index contributed by atoms with van der Waals surface area (Å²) in [5.74, 6) is -0.728. The topological polar surface area (TPSA) is 113 Å². The first-order chi connectivity index (χ1) is 14.9. The van der Waals surface area contributed by atoms with Gasteiger partial charge >= 0.3 is 0 Å². The third-order valence-corrected chi connectivity index (χ3v) is 7.78. The van der Waals surface area contributed by atoms with Crippen LogP contribution in [0.4, 0.5) is 0 Å². The zero-order valence-electron chi connectivity index (χ0n) is 16.2. The maximum atomic E-state index is 13.1. The number of carbonyl (C=O) groups excluding carboxylic acids is 2. The number of carbonyl (C=O) groups is 2.